The highest BCUT2D eigenvalue weighted by molar-refractivity contribution is 6.31. The summed E-state index contributed by atoms with van der Waals surface area (Å²) in [5.41, 5.74) is 4.65. The number of rotatable bonds is 9. The maximum Gasteiger partial charge on any atom is 0.119 e. The second-order valence-corrected chi connectivity index (χ2v) is 8.62. The largest absolute Gasteiger partial charge is 0.494 e. The van der Waals surface area contributed by atoms with Crippen molar-refractivity contribution < 1.29 is 4.74 Å². The first-order valence-electron chi connectivity index (χ1n) is 11.0. The Morgan fingerprint density at radius 2 is 1.65 bits per heavy atom. The summed E-state index contributed by atoms with van der Waals surface area (Å²) < 4.78 is 8.28. The molecule has 0 N–H and O–H groups in total. The van der Waals surface area contributed by atoms with Crippen LogP contribution in [0.3, 0.4) is 0 Å². The lowest BCUT2D eigenvalue weighted by molar-refractivity contribution is 0.303. The summed E-state index contributed by atoms with van der Waals surface area (Å²) in [6.07, 6.45) is 2.75. The van der Waals surface area contributed by atoms with E-state index in [9.17, 15) is 0 Å². The molecule has 0 saturated carbocycles. The predicted octanol–water partition coefficient (Wildman–Crippen LogP) is 7.26. The molecule has 0 amide bonds. The van der Waals surface area contributed by atoms with Crippen LogP contribution >= 0.6 is 11.6 Å². The van der Waals surface area contributed by atoms with E-state index >= 15 is 0 Å². The monoisotopic (exact) mass is 432 g/mol. The Balaban J connectivity index is 1.39. The van der Waals surface area contributed by atoms with Crippen molar-refractivity contribution >= 4 is 22.6 Å². The van der Waals surface area contributed by atoms with Gasteiger partial charge in [-0.2, -0.15) is 0 Å². The van der Waals surface area contributed by atoms with Crippen LogP contribution in [-0.2, 0) is 13.0 Å². The summed E-state index contributed by atoms with van der Waals surface area (Å²) in [6.45, 7) is 6.04. The van der Waals surface area contributed by atoms with Gasteiger partial charge in [-0.15, -0.1) is 0 Å². The van der Waals surface area contributed by atoms with Gasteiger partial charge in [-0.3, -0.25) is 0 Å². The van der Waals surface area contributed by atoms with E-state index in [2.05, 4.69) is 66.9 Å². The van der Waals surface area contributed by atoms with Crippen molar-refractivity contribution in [2.45, 2.75) is 45.6 Å². The second kappa shape index (κ2) is 10.0. The number of ether oxygens (including phenoxy) is 1. The van der Waals surface area contributed by atoms with Crippen molar-refractivity contribution in [3.63, 3.8) is 0 Å². The van der Waals surface area contributed by atoms with Crippen LogP contribution < -0.4 is 4.74 Å². The minimum Gasteiger partial charge on any atom is -0.494 e. The molecule has 0 aliphatic carbocycles. The summed E-state index contributed by atoms with van der Waals surface area (Å²) in [6, 6.07) is 24.8. The molecule has 0 saturated heterocycles. The number of imidazole rings is 1. The lowest BCUT2D eigenvalue weighted by Crippen LogP contribution is -2.07. The summed E-state index contributed by atoms with van der Waals surface area (Å²) in [5, 5.41) is 0.790. The first kappa shape index (κ1) is 21.5. The zero-order valence-corrected chi connectivity index (χ0v) is 19.0. The van der Waals surface area contributed by atoms with Crippen molar-refractivity contribution in [2.24, 2.45) is 0 Å². The number of unbranched alkanes of at least 4 members (excludes halogenated alkanes) is 1. The van der Waals surface area contributed by atoms with Gasteiger partial charge in [-0.05, 0) is 60.2 Å². The number of para-hydroxylation sites is 2. The van der Waals surface area contributed by atoms with Gasteiger partial charge < -0.3 is 9.30 Å². The number of hydrogen-bond donors (Lipinski definition) is 0. The lowest BCUT2D eigenvalue weighted by Gasteiger charge is -2.11. The highest BCUT2D eigenvalue weighted by Crippen LogP contribution is 2.23. The topological polar surface area (TPSA) is 27.1 Å². The van der Waals surface area contributed by atoms with Crippen molar-refractivity contribution in [1.29, 1.82) is 0 Å². The van der Waals surface area contributed by atoms with E-state index < -0.39 is 0 Å². The van der Waals surface area contributed by atoms with Crippen LogP contribution in [0.1, 0.15) is 49.6 Å². The molecule has 0 bridgehead atoms. The number of aromatic nitrogens is 2. The van der Waals surface area contributed by atoms with Gasteiger partial charge in [0, 0.05) is 18.0 Å². The molecule has 3 aromatic carbocycles. The maximum absolute atomic E-state index is 6.40. The van der Waals surface area contributed by atoms with Crippen LogP contribution in [0.2, 0.25) is 5.02 Å². The summed E-state index contributed by atoms with van der Waals surface area (Å²) >= 11 is 6.40. The Labute approximate surface area is 189 Å². The normalized spacial score (nSPS) is 11.4. The standard InChI is InChI=1S/C27H29ClN2O/c1-20(2)21-13-15-23(16-14-21)31-18-8-7-17-30-26-12-6-5-11-25(26)29-27(30)19-22-9-3-4-10-24(22)28/h3-6,9-16,20H,7-8,17-19H2,1-2H3. The molecule has 0 spiro atoms. The van der Waals surface area contributed by atoms with E-state index in [1.54, 1.807) is 0 Å². The molecule has 1 heterocycles. The highest BCUT2D eigenvalue weighted by atomic mass is 35.5. The van der Waals surface area contributed by atoms with E-state index in [0.717, 1.165) is 53.5 Å². The number of benzene rings is 3. The molecule has 3 nitrogen and oxygen atoms in total. The fourth-order valence-electron chi connectivity index (χ4n) is 3.83. The average Bonchev–Trinajstić information content (AvgIpc) is 3.12. The minimum absolute atomic E-state index is 0.541. The van der Waals surface area contributed by atoms with Crippen molar-refractivity contribution in [3.8, 4) is 5.75 Å². The molecule has 4 aromatic rings. The van der Waals surface area contributed by atoms with Crippen LogP contribution in [0.4, 0.5) is 0 Å². The summed E-state index contributed by atoms with van der Waals surface area (Å²) in [5.74, 6) is 2.54. The van der Waals surface area contributed by atoms with E-state index in [1.165, 1.54) is 11.1 Å². The molecule has 4 rings (SSSR count). The fourth-order valence-corrected chi connectivity index (χ4v) is 4.04. The Kier molecular flexibility index (Phi) is 6.93. The highest BCUT2D eigenvalue weighted by Gasteiger charge is 2.12. The molecule has 1 aromatic heterocycles. The number of fused-ring (bicyclic) bond motifs is 1. The van der Waals surface area contributed by atoms with Gasteiger partial charge in [0.25, 0.3) is 0 Å². The van der Waals surface area contributed by atoms with E-state index in [4.69, 9.17) is 21.3 Å². The third kappa shape index (κ3) is 5.29. The zero-order valence-electron chi connectivity index (χ0n) is 18.2. The molecule has 160 valence electrons. The van der Waals surface area contributed by atoms with Gasteiger partial charge in [-0.25, -0.2) is 4.98 Å². The number of nitrogens with zero attached hydrogens (tertiary/aromatic N) is 2. The fraction of sp³-hybridized carbons (Fsp3) is 0.296. The van der Waals surface area contributed by atoms with Crippen LogP contribution in [0.15, 0.2) is 72.8 Å². The molecule has 0 unspecified atom stereocenters. The zero-order chi connectivity index (χ0) is 21.6. The number of hydrogen-bond acceptors (Lipinski definition) is 2. The van der Waals surface area contributed by atoms with Crippen LogP contribution in [0.5, 0.6) is 5.75 Å². The van der Waals surface area contributed by atoms with Gasteiger partial charge >= 0.3 is 0 Å². The van der Waals surface area contributed by atoms with Gasteiger partial charge in [-0.1, -0.05) is 67.9 Å². The van der Waals surface area contributed by atoms with E-state index in [0.29, 0.717) is 12.5 Å². The van der Waals surface area contributed by atoms with Gasteiger partial charge in [0.2, 0.25) is 0 Å². The number of halogens is 1. The molecular formula is C27H29ClN2O. The Bertz CT molecular complexity index is 1130. The van der Waals surface area contributed by atoms with Crippen LogP contribution in [0, 0.1) is 0 Å². The smallest absolute Gasteiger partial charge is 0.119 e. The molecule has 0 aliphatic heterocycles. The average molecular weight is 433 g/mol. The molecule has 31 heavy (non-hydrogen) atoms. The van der Waals surface area contributed by atoms with Gasteiger partial charge in [0.05, 0.1) is 17.6 Å². The predicted molar refractivity (Wildman–Crippen MR) is 129 cm³/mol. The van der Waals surface area contributed by atoms with Crippen LogP contribution in [0.25, 0.3) is 11.0 Å². The lowest BCUT2D eigenvalue weighted by atomic mass is 10.0. The van der Waals surface area contributed by atoms with E-state index in [-0.39, 0.29) is 0 Å². The Hall–Kier alpha value is -2.78. The van der Waals surface area contributed by atoms with E-state index in [1.807, 2.05) is 24.3 Å². The van der Waals surface area contributed by atoms with Gasteiger partial charge in [0.1, 0.15) is 11.6 Å². The SMILES string of the molecule is CC(C)c1ccc(OCCCCn2c(Cc3ccccc3Cl)nc3ccccc32)cc1. The summed E-state index contributed by atoms with van der Waals surface area (Å²) in [4.78, 5) is 4.89. The second-order valence-electron chi connectivity index (χ2n) is 8.22. The third-order valence-electron chi connectivity index (χ3n) is 5.63. The first-order valence-corrected chi connectivity index (χ1v) is 11.4. The molecular weight excluding hydrogens is 404 g/mol. The third-order valence-corrected chi connectivity index (χ3v) is 6.00. The van der Waals surface area contributed by atoms with Crippen LogP contribution in [-0.4, -0.2) is 16.2 Å². The van der Waals surface area contributed by atoms with Crippen molar-refractivity contribution in [1.82, 2.24) is 9.55 Å². The molecule has 0 aliphatic rings. The van der Waals surface area contributed by atoms with Crippen molar-refractivity contribution in [3.05, 3.63) is 94.8 Å². The quantitative estimate of drug-likeness (QED) is 0.260. The minimum atomic E-state index is 0.541. The first-order chi connectivity index (χ1) is 15.1. The molecule has 4 heteroatoms. The van der Waals surface area contributed by atoms with Crippen molar-refractivity contribution in [2.75, 3.05) is 6.61 Å². The summed E-state index contributed by atoms with van der Waals surface area (Å²) in [7, 11) is 0. The van der Waals surface area contributed by atoms with Gasteiger partial charge in [0.15, 0.2) is 0 Å². The Morgan fingerprint density at radius 1 is 0.903 bits per heavy atom. The molecule has 0 radical (unpaired) electrons. The Morgan fingerprint density at radius 3 is 2.42 bits per heavy atom. The number of aryl methyl sites for hydroxylation is 1. The molecule has 0 atom stereocenters. The maximum atomic E-state index is 6.40. The molecule has 0 fully saturated rings.